The number of carbonyl (C=O) groups is 2. The molecule has 1 aliphatic heterocycles. The third-order valence-corrected chi connectivity index (χ3v) is 4.21. The molecule has 0 unspecified atom stereocenters. The van der Waals surface area contributed by atoms with Crippen LogP contribution in [0.15, 0.2) is 11.6 Å². The van der Waals surface area contributed by atoms with Crippen LogP contribution < -0.4 is 4.90 Å². The molecule has 7 heteroatoms. The second kappa shape index (κ2) is 6.69. The van der Waals surface area contributed by atoms with Crippen LogP contribution in [0.5, 0.6) is 0 Å². The van der Waals surface area contributed by atoms with Gasteiger partial charge in [-0.1, -0.05) is 0 Å². The summed E-state index contributed by atoms with van der Waals surface area (Å²) in [6, 6.07) is 0. The first-order valence-corrected chi connectivity index (χ1v) is 7.58. The highest BCUT2D eigenvalue weighted by Crippen LogP contribution is 2.19. The van der Waals surface area contributed by atoms with Crippen LogP contribution in [0.1, 0.15) is 12.8 Å². The maximum absolute atomic E-state index is 12.0. The Labute approximate surface area is 123 Å². The van der Waals surface area contributed by atoms with Crippen molar-refractivity contribution in [3.8, 4) is 0 Å². The maximum Gasteiger partial charge on any atom is 0.223 e. The van der Waals surface area contributed by atoms with Crippen molar-refractivity contribution in [2.75, 3.05) is 45.2 Å². The van der Waals surface area contributed by atoms with E-state index in [0.717, 1.165) is 18.2 Å². The smallest absolute Gasteiger partial charge is 0.223 e. The number of carbonyl (C=O) groups excluding carboxylic acids is 2. The van der Waals surface area contributed by atoms with Crippen LogP contribution in [-0.4, -0.2) is 66.9 Å². The molecule has 6 nitrogen and oxygen atoms in total. The summed E-state index contributed by atoms with van der Waals surface area (Å²) in [5, 5.41) is 2.97. The highest BCUT2D eigenvalue weighted by Gasteiger charge is 2.22. The van der Waals surface area contributed by atoms with Gasteiger partial charge in [0, 0.05) is 64.7 Å². The second-order valence-electron chi connectivity index (χ2n) is 4.97. The van der Waals surface area contributed by atoms with Crippen LogP contribution in [0, 0.1) is 0 Å². The van der Waals surface area contributed by atoms with Crippen LogP contribution in [-0.2, 0) is 9.59 Å². The van der Waals surface area contributed by atoms with E-state index in [-0.39, 0.29) is 11.8 Å². The molecule has 0 radical (unpaired) electrons. The van der Waals surface area contributed by atoms with Gasteiger partial charge < -0.3 is 14.7 Å². The van der Waals surface area contributed by atoms with Gasteiger partial charge in [0.15, 0.2) is 5.13 Å². The summed E-state index contributed by atoms with van der Waals surface area (Å²) < 4.78 is 0. The van der Waals surface area contributed by atoms with E-state index in [1.165, 1.54) is 4.90 Å². The number of anilines is 1. The van der Waals surface area contributed by atoms with Gasteiger partial charge in [-0.3, -0.25) is 9.59 Å². The van der Waals surface area contributed by atoms with Gasteiger partial charge in [-0.25, -0.2) is 4.98 Å². The molecule has 0 atom stereocenters. The summed E-state index contributed by atoms with van der Waals surface area (Å²) in [5.74, 6) is 0.0683. The number of thiazole rings is 1. The van der Waals surface area contributed by atoms with Gasteiger partial charge in [-0.15, -0.1) is 11.3 Å². The topological polar surface area (TPSA) is 56.8 Å². The van der Waals surface area contributed by atoms with Gasteiger partial charge in [0.05, 0.1) is 0 Å². The summed E-state index contributed by atoms with van der Waals surface area (Å²) in [4.78, 5) is 33.4. The Hall–Kier alpha value is -1.63. The minimum Gasteiger partial charge on any atom is -0.349 e. The second-order valence-corrected chi connectivity index (χ2v) is 5.84. The summed E-state index contributed by atoms with van der Waals surface area (Å²) in [7, 11) is 3.42. The summed E-state index contributed by atoms with van der Waals surface area (Å²) >= 11 is 1.62. The fourth-order valence-corrected chi connectivity index (χ4v) is 2.81. The van der Waals surface area contributed by atoms with Gasteiger partial charge in [-0.2, -0.15) is 0 Å². The first-order valence-electron chi connectivity index (χ1n) is 6.70. The van der Waals surface area contributed by atoms with E-state index < -0.39 is 0 Å². The minimum absolute atomic E-state index is 0.000212. The van der Waals surface area contributed by atoms with E-state index in [9.17, 15) is 9.59 Å². The quantitative estimate of drug-likeness (QED) is 0.819. The SMILES string of the molecule is CN(C)C(=O)CCC(=O)N1CCN(c2nccs2)CC1. The number of amides is 2. The number of nitrogens with zero attached hydrogens (tertiary/aromatic N) is 4. The van der Waals surface area contributed by atoms with Gasteiger partial charge >= 0.3 is 0 Å². The zero-order valence-corrected chi connectivity index (χ0v) is 12.7. The van der Waals surface area contributed by atoms with Gasteiger partial charge in [0.2, 0.25) is 11.8 Å². The standard InChI is InChI=1S/C13H20N4O2S/c1-15(2)11(18)3-4-12(19)16-6-8-17(9-7-16)13-14-5-10-20-13/h5,10H,3-4,6-9H2,1-2H3. The van der Waals surface area contributed by atoms with Crippen LogP contribution in [0.25, 0.3) is 0 Å². The third kappa shape index (κ3) is 3.69. The molecule has 1 aromatic rings. The fraction of sp³-hybridized carbons (Fsp3) is 0.615. The molecule has 1 aromatic heterocycles. The Morgan fingerprint density at radius 2 is 1.95 bits per heavy atom. The predicted molar refractivity (Wildman–Crippen MR) is 78.8 cm³/mol. The number of hydrogen-bond donors (Lipinski definition) is 0. The third-order valence-electron chi connectivity index (χ3n) is 3.37. The molecule has 1 aliphatic rings. The molecule has 0 aliphatic carbocycles. The lowest BCUT2D eigenvalue weighted by Crippen LogP contribution is -2.48. The summed E-state index contributed by atoms with van der Waals surface area (Å²) in [6.07, 6.45) is 2.39. The van der Waals surface area contributed by atoms with Crippen LogP contribution in [0.3, 0.4) is 0 Å². The average molecular weight is 296 g/mol. The molecule has 0 aromatic carbocycles. The van der Waals surface area contributed by atoms with Crippen molar-refractivity contribution in [1.82, 2.24) is 14.8 Å². The first kappa shape index (κ1) is 14.8. The molecule has 1 fully saturated rings. The fourth-order valence-electron chi connectivity index (χ4n) is 2.11. The van der Waals surface area contributed by atoms with Crippen molar-refractivity contribution in [3.05, 3.63) is 11.6 Å². The molecule has 0 saturated carbocycles. The van der Waals surface area contributed by atoms with E-state index >= 15 is 0 Å². The molecular formula is C13H20N4O2S. The lowest BCUT2D eigenvalue weighted by molar-refractivity contribution is -0.136. The molecule has 0 N–H and O–H groups in total. The Morgan fingerprint density at radius 3 is 2.50 bits per heavy atom. The molecule has 20 heavy (non-hydrogen) atoms. The molecule has 2 amide bonds. The summed E-state index contributed by atoms with van der Waals surface area (Å²) in [6.45, 7) is 3.02. The maximum atomic E-state index is 12.0. The molecule has 110 valence electrons. The first-order chi connectivity index (χ1) is 9.58. The Balaban J connectivity index is 1.76. The number of hydrogen-bond acceptors (Lipinski definition) is 5. The van der Waals surface area contributed by atoms with Crippen molar-refractivity contribution in [2.45, 2.75) is 12.8 Å². The zero-order valence-electron chi connectivity index (χ0n) is 11.9. The van der Waals surface area contributed by atoms with Gasteiger partial charge in [-0.05, 0) is 0 Å². The molecule has 2 rings (SSSR count). The van der Waals surface area contributed by atoms with E-state index in [4.69, 9.17) is 0 Å². The molecule has 0 spiro atoms. The van der Waals surface area contributed by atoms with Crippen molar-refractivity contribution in [1.29, 1.82) is 0 Å². The molecule has 1 saturated heterocycles. The lowest BCUT2D eigenvalue weighted by Gasteiger charge is -2.34. The van der Waals surface area contributed by atoms with E-state index in [0.29, 0.717) is 25.9 Å². The van der Waals surface area contributed by atoms with Crippen molar-refractivity contribution in [3.63, 3.8) is 0 Å². The molecular weight excluding hydrogens is 276 g/mol. The lowest BCUT2D eigenvalue weighted by atomic mass is 10.2. The monoisotopic (exact) mass is 296 g/mol. The van der Waals surface area contributed by atoms with E-state index in [1.807, 2.05) is 10.3 Å². The van der Waals surface area contributed by atoms with E-state index in [1.54, 1.807) is 31.6 Å². The average Bonchev–Trinajstić information content (AvgIpc) is 2.98. The number of rotatable bonds is 4. The van der Waals surface area contributed by atoms with Crippen LogP contribution in [0.2, 0.25) is 0 Å². The summed E-state index contributed by atoms with van der Waals surface area (Å²) in [5.41, 5.74) is 0. The number of piperazine rings is 1. The highest BCUT2D eigenvalue weighted by molar-refractivity contribution is 7.13. The van der Waals surface area contributed by atoms with Crippen LogP contribution in [0.4, 0.5) is 5.13 Å². The molecule has 2 heterocycles. The van der Waals surface area contributed by atoms with Crippen LogP contribution >= 0.6 is 11.3 Å². The Kier molecular flexibility index (Phi) is 4.94. The Morgan fingerprint density at radius 1 is 1.25 bits per heavy atom. The van der Waals surface area contributed by atoms with Gasteiger partial charge in [0.1, 0.15) is 0 Å². The zero-order chi connectivity index (χ0) is 14.5. The molecule has 0 bridgehead atoms. The Bertz CT molecular complexity index is 453. The normalized spacial score (nSPS) is 15.3. The largest absolute Gasteiger partial charge is 0.349 e. The predicted octanol–water partition coefficient (Wildman–Crippen LogP) is 0.660. The minimum atomic E-state index is -0.000212. The van der Waals surface area contributed by atoms with E-state index in [2.05, 4.69) is 9.88 Å². The highest BCUT2D eigenvalue weighted by atomic mass is 32.1. The van der Waals surface area contributed by atoms with Gasteiger partial charge in [0.25, 0.3) is 0 Å². The van der Waals surface area contributed by atoms with Crippen molar-refractivity contribution < 1.29 is 9.59 Å². The van der Waals surface area contributed by atoms with Crippen molar-refractivity contribution in [2.24, 2.45) is 0 Å². The van der Waals surface area contributed by atoms with Crippen molar-refractivity contribution >= 4 is 28.3 Å². The number of aromatic nitrogens is 1.